The van der Waals surface area contributed by atoms with E-state index < -0.39 is 0 Å². The first-order chi connectivity index (χ1) is 6.85. The van der Waals surface area contributed by atoms with E-state index in [1.807, 2.05) is 6.08 Å². The number of allylic oxidation sites excluding steroid dienone is 3. The van der Waals surface area contributed by atoms with E-state index in [0.717, 1.165) is 0 Å². The third kappa shape index (κ3) is 2.72. The molecule has 0 fully saturated rings. The lowest BCUT2D eigenvalue weighted by Crippen LogP contribution is -2.33. The molecule has 0 spiro atoms. The predicted octanol–water partition coefficient (Wildman–Crippen LogP) is 3.55. The number of hydrogen-bond donors (Lipinski definition) is 1. The smallest absolute Gasteiger partial charge is 0.0692 e. The van der Waals surface area contributed by atoms with E-state index in [2.05, 4.69) is 39.8 Å². The molecule has 0 bridgehead atoms. The summed E-state index contributed by atoms with van der Waals surface area (Å²) in [6, 6.07) is 0. The van der Waals surface area contributed by atoms with Crippen molar-refractivity contribution in [3.63, 3.8) is 0 Å². The topological polar surface area (TPSA) is 20.2 Å². The van der Waals surface area contributed by atoms with Gasteiger partial charge in [0.05, 0.1) is 6.10 Å². The molecule has 1 N–H and O–H groups in total. The maximum atomic E-state index is 9.30. The number of hydrogen-bond acceptors (Lipinski definition) is 1. The molecule has 0 saturated heterocycles. The molecule has 3 atom stereocenters. The molecule has 1 heteroatoms. The van der Waals surface area contributed by atoms with Crippen LogP contribution < -0.4 is 0 Å². The summed E-state index contributed by atoms with van der Waals surface area (Å²) in [7, 11) is 0. The minimum atomic E-state index is -0.342. The molecular formula is C14H24O. The molecule has 0 aliphatic heterocycles. The van der Waals surface area contributed by atoms with Crippen molar-refractivity contribution < 1.29 is 5.11 Å². The lowest BCUT2D eigenvalue weighted by atomic mass is 9.63. The molecule has 0 aromatic carbocycles. The average Bonchev–Trinajstić information content (AvgIpc) is 2.11. The molecule has 2 unspecified atom stereocenters. The van der Waals surface area contributed by atoms with Gasteiger partial charge in [0.15, 0.2) is 0 Å². The van der Waals surface area contributed by atoms with Gasteiger partial charge in [-0.15, -0.1) is 0 Å². The van der Waals surface area contributed by atoms with Crippen LogP contribution in [0, 0.1) is 17.3 Å². The van der Waals surface area contributed by atoms with Gasteiger partial charge in [-0.25, -0.2) is 0 Å². The Hall–Kier alpha value is -0.560. The Morgan fingerprint density at radius 2 is 2.13 bits per heavy atom. The highest BCUT2D eigenvalue weighted by Crippen LogP contribution is 2.45. The number of rotatable bonds is 2. The maximum Gasteiger partial charge on any atom is 0.0692 e. The predicted molar refractivity (Wildman–Crippen MR) is 65.6 cm³/mol. The van der Waals surface area contributed by atoms with Crippen LogP contribution in [-0.2, 0) is 0 Å². The van der Waals surface area contributed by atoms with Gasteiger partial charge < -0.3 is 5.11 Å². The van der Waals surface area contributed by atoms with Crippen LogP contribution >= 0.6 is 0 Å². The molecule has 0 aromatic rings. The molecule has 1 aliphatic rings. The van der Waals surface area contributed by atoms with E-state index in [4.69, 9.17) is 0 Å². The summed E-state index contributed by atoms with van der Waals surface area (Å²) in [5, 5.41) is 9.30. The standard InChI is InChI=1S/C14H24O/c1-10-6-7-11(2)14(4,5)13(10)9-8-12(3)15/h6,8-9,11-13,15H,7H2,1-5H3/b9-8+/t11?,12-,13?/m0/s1. The fourth-order valence-electron chi connectivity index (χ4n) is 2.36. The third-order valence-corrected chi connectivity index (χ3v) is 3.94. The molecule has 1 nitrogen and oxygen atoms in total. The summed E-state index contributed by atoms with van der Waals surface area (Å²) in [4.78, 5) is 0. The Morgan fingerprint density at radius 3 is 2.67 bits per heavy atom. The first-order valence-electron chi connectivity index (χ1n) is 5.88. The Labute approximate surface area is 93.9 Å². The first kappa shape index (κ1) is 12.5. The van der Waals surface area contributed by atoms with Crippen LogP contribution in [0.15, 0.2) is 23.8 Å². The fraction of sp³-hybridized carbons (Fsp3) is 0.714. The summed E-state index contributed by atoms with van der Waals surface area (Å²) in [5.74, 6) is 1.17. The van der Waals surface area contributed by atoms with Gasteiger partial charge in [-0.2, -0.15) is 0 Å². The highest BCUT2D eigenvalue weighted by molar-refractivity contribution is 5.20. The van der Waals surface area contributed by atoms with E-state index in [1.54, 1.807) is 6.92 Å². The second kappa shape index (κ2) is 4.52. The van der Waals surface area contributed by atoms with Gasteiger partial charge in [0.2, 0.25) is 0 Å². The van der Waals surface area contributed by atoms with Gasteiger partial charge in [0.1, 0.15) is 0 Å². The van der Waals surface area contributed by atoms with Crippen molar-refractivity contribution in [2.24, 2.45) is 17.3 Å². The quantitative estimate of drug-likeness (QED) is 0.688. The summed E-state index contributed by atoms with van der Waals surface area (Å²) in [5.41, 5.74) is 1.74. The zero-order valence-corrected chi connectivity index (χ0v) is 10.6. The van der Waals surface area contributed by atoms with Crippen LogP contribution in [0.1, 0.15) is 41.0 Å². The fourth-order valence-corrected chi connectivity index (χ4v) is 2.36. The average molecular weight is 208 g/mol. The second-order valence-corrected chi connectivity index (χ2v) is 5.51. The SMILES string of the molecule is CC1=CCC(C)C(C)(C)C1/C=C/[C@H](C)O. The van der Waals surface area contributed by atoms with Crippen molar-refractivity contribution in [1.29, 1.82) is 0 Å². The molecule has 0 radical (unpaired) electrons. The monoisotopic (exact) mass is 208 g/mol. The van der Waals surface area contributed by atoms with Crippen LogP contribution in [-0.4, -0.2) is 11.2 Å². The van der Waals surface area contributed by atoms with E-state index in [-0.39, 0.29) is 6.10 Å². The van der Waals surface area contributed by atoms with Crippen molar-refractivity contribution in [2.75, 3.05) is 0 Å². The maximum absolute atomic E-state index is 9.30. The van der Waals surface area contributed by atoms with Crippen molar-refractivity contribution in [1.82, 2.24) is 0 Å². The Bertz CT molecular complexity index is 271. The van der Waals surface area contributed by atoms with Crippen molar-refractivity contribution in [2.45, 2.75) is 47.1 Å². The van der Waals surface area contributed by atoms with Gasteiger partial charge in [-0.1, -0.05) is 44.6 Å². The zero-order chi connectivity index (χ0) is 11.6. The number of aliphatic hydroxyl groups is 1. The van der Waals surface area contributed by atoms with Gasteiger partial charge in [-0.3, -0.25) is 0 Å². The van der Waals surface area contributed by atoms with Crippen LogP contribution in [0.25, 0.3) is 0 Å². The van der Waals surface area contributed by atoms with E-state index in [1.165, 1.54) is 12.0 Å². The van der Waals surface area contributed by atoms with Crippen LogP contribution in [0.3, 0.4) is 0 Å². The van der Waals surface area contributed by atoms with Gasteiger partial charge in [0, 0.05) is 5.92 Å². The minimum Gasteiger partial charge on any atom is -0.389 e. The summed E-state index contributed by atoms with van der Waals surface area (Å²) < 4.78 is 0. The molecule has 86 valence electrons. The van der Waals surface area contributed by atoms with Crippen molar-refractivity contribution >= 4 is 0 Å². The molecule has 0 saturated carbocycles. The summed E-state index contributed by atoms with van der Waals surface area (Å²) in [6.45, 7) is 11.0. The highest BCUT2D eigenvalue weighted by atomic mass is 16.3. The first-order valence-corrected chi connectivity index (χ1v) is 5.88. The third-order valence-electron chi connectivity index (χ3n) is 3.94. The lowest BCUT2D eigenvalue weighted by molar-refractivity contribution is 0.166. The highest BCUT2D eigenvalue weighted by Gasteiger charge is 2.36. The minimum absolute atomic E-state index is 0.296. The van der Waals surface area contributed by atoms with Gasteiger partial charge in [-0.05, 0) is 31.6 Å². The molecule has 15 heavy (non-hydrogen) atoms. The Kier molecular flexibility index (Phi) is 3.77. The molecule has 0 amide bonds. The summed E-state index contributed by atoms with van der Waals surface area (Å²) >= 11 is 0. The van der Waals surface area contributed by atoms with Crippen LogP contribution in [0.4, 0.5) is 0 Å². The Balaban J connectivity index is 2.92. The molecule has 0 heterocycles. The van der Waals surface area contributed by atoms with E-state index in [9.17, 15) is 5.11 Å². The number of aliphatic hydroxyl groups excluding tert-OH is 1. The van der Waals surface area contributed by atoms with E-state index in [0.29, 0.717) is 17.3 Å². The lowest BCUT2D eigenvalue weighted by Gasteiger charge is -2.42. The second-order valence-electron chi connectivity index (χ2n) is 5.51. The van der Waals surface area contributed by atoms with Crippen LogP contribution in [0.5, 0.6) is 0 Å². The Morgan fingerprint density at radius 1 is 1.53 bits per heavy atom. The molecule has 1 aliphatic carbocycles. The zero-order valence-electron chi connectivity index (χ0n) is 10.6. The molecular weight excluding hydrogens is 184 g/mol. The van der Waals surface area contributed by atoms with E-state index >= 15 is 0 Å². The summed E-state index contributed by atoms with van der Waals surface area (Å²) in [6.07, 6.45) is 7.25. The van der Waals surface area contributed by atoms with Gasteiger partial charge in [0.25, 0.3) is 0 Å². The van der Waals surface area contributed by atoms with Crippen LogP contribution in [0.2, 0.25) is 0 Å². The largest absolute Gasteiger partial charge is 0.389 e. The molecule has 0 aromatic heterocycles. The molecule has 1 rings (SSSR count). The normalized spacial score (nSPS) is 32.8. The van der Waals surface area contributed by atoms with Crippen molar-refractivity contribution in [3.05, 3.63) is 23.8 Å². The van der Waals surface area contributed by atoms with Crippen molar-refractivity contribution in [3.8, 4) is 0 Å². The van der Waals surface area contributed by atoms with Gasteiger partial charge >= 0.3 is 0 Å².